The molecule has 1 atom stereocenters. The van der Waals surface area contributed by atoms with Crippen LogP contribution in [0.3, 0.4) is 0 Å². The Hall–Kier alpha value is -4.84. The second-order valence-electron chi connectivity index (χ2n) is 15.3. The fourth-order valence-corrected chi connectivity index (χ4v) is 8.72. The van der Waals surface area contributed by atoms with E-state index in [2.05, 4.69) is 40.4 Å². The van der Waals surface area contributed by atoms with E-state index in [0.29, 0.717) is 22.6 Å². The lowest BCUT2D eigenvalue weighted by Crippen LogP contribution is -2.56. The van der Waals surface area contributed by atoms with Gasteiger partial charge in [-0.1, -0.05) is 45.0 Å². The molecule has 12 heteroatoms. The minimum Gasteiger partial charge on any atom is -0.475 e. The average Bonchev–Trinajstić information content (AvgIpc) is 3.46. The number of rotatable bonds is 5. The first kappa shape index (κ1) is 32.4. The summed E-state index contributed by atoms with van der Waals surface area (Å²) >= 11 is 0. The van der Waals surface area contributed by atoms with Crippen LogP contribution < -0.4 is 9.46 Å². The lowest BCUT2D eigenvalue weighted by Gasteiger charge is -2.63. The first-order chi connectivity index (χ1) is 23.7. The number of aryl methyl sites for hydroxylation is 2. The van der Waals surface area contributed by atoms with Gasteiger partial charge >= 0.3 is 0 Å². The number of nitrogens with one attached hydrogen (secondary N) is 1. The Morgan fingerprint density at radius 1 is 0.980 bits per heavy atom. The van der Waals surface area contributed by atoms with Crippen molar-refractivity contribution in [2.75, 3.05) is 11.3 Å². The predicted molar refractivity (Wildman–Crippen MR) is 188 cm³/mol. The van der Waals surface area contributed by atoms with E-state index in [1.165, 1.54) is 12.1 Å². The fourth-order valence-electron chi connectivity index (χ4n) is 7.73. The van der Waals surface area contributed by atoms with E-state index in [4.69, 9.17) is 14.1 Å². The first-order valence-corrected chi connectivity index (χ1v) is 18.5. The van der Waals surface area contributed by atoms with Gasteiger partial charge in [0, 0.05) is 28.7 Å². The molecular weight excluding hydrogens is 653 g/mol. The van der Waals surface area contributed by atoms with Crippen molar-refractivity contribution in [2.24, 2.45) is 11.3 Å². The van der Waals surface area contributed by atoms with E-state index in [9.17, 15) is 13.2 Å². The Morgan fingerprint density at radius 2 is 1.72 bits per heavy atom. The van der Waals surface area contributed by atoms with Crippen LogP contribution in [0.1, 0.15) is 79.4 Å². The molecule has 0 saturated heterocycles. The molecule has 3 fully saturated rings. The molecule has 5 aromatic rings. The molecule has 3 aliphatic carbocycles. The number of carbonyl (C=O) groups is 1. The van der Waals surface area contributed by atoms with Gasteiger partial charge in [0.15, 0.2) is 0 Å². The van der Waals surface area contributed by atoms with Crippen molar-refractivity contribution < 1.29 is 22.4 Å². The zero-order valence-corrected chi connectivity index (χ0v) is 29.7. The van der Waals surface area contributed by atoms with Crippen molar-refractivity contribution in [1.82, 2.24) is 24.8 Å². The van der Waals surface area contributed by atoms with Crippen LogP contribution in [0.5, 0.6) is 5.88 Å². The molecule has 0 radical (unpaired) electrons. The number of hydrogen-bond acceptors (Lipinski definition) is 9. The Morgan fingerprint density at radius 3 is 2.42 bits per heavy atom. The van der Waals surface area contributed by atoms with Gasteiger partial charge in [-0.3, -0.25) is 4.79 Å². The number of fused-ring (bicyclic) bond motifs is 5. The van der Waals surface area contributed by atoms with Gasteiger partial charge in [-0.05, 0) is 80.2 Å². The number of hydrogen-bond donors (Lipinski definition) is 1. The number of furan rings is 1. The van der Waals surface area contributed by atoms with Crippen molar-refractivity contribution >= 4 is 33.1 Å². The second kappa shape index (κ2) is 11.6. The number of benzene rings is 2. The number of nitrogens with zero attached hydrogens (tertiary/aromatic N) is 5. The van der Waals surface area contributed by atoms with Crippen molar-refractivity contribution in [2.45, 2.75) is 83.2 Å². The molecule has 4 aliphatic rings. The number of ether oxygens (including phenoxy) is 1. The van der Waals surface area contributed by atoms with Gasteiger partial charge in [0.2, 0.25) is 17.5 Å². The largest absolute Gasteiger partial charge is 0.475 e. The summed E-state index contributed by atoms with van der Waals surface area (Å²) in [7, 11) is -4.18. The van der Waals surface area contributed by atoms with Crippen LogP contribution in [0, 0.1) is 25.2 Å². The summed E-state index contributed by atoms with van der Waals surface area (Å²) in [5.74, 6) is 1.31. The molecule has 11 nitrogen and oxygen atoms in total. The first-order valence-electron chi connectivity index (χ1n) is 17.0. The normalized spacial score (nSPS) is 22.7. The third-order valence-corrected chi connectivity index (χ3v) is 11.7. The SMILES string of the molecule is Cc1cccc(C)c1-c1cc2nc(n1)NS(=O)(=O)c1cccc(c1)C(=O)N(Cc1cnc3oc(C(C)(C)C)cc3n1)[C@H](CC13CC(C1)C3)CO2. The van der Waals surface area contributed by atoms with E-state index in [1.54, 1.807) is 29.3 Å². The van der Waals surface area contributed by atoms with Crippen LogP contribution in [0.2, 0.25) is 0 Å². The van der Waals surface area contributed by atoms with Crippen molar-refractivity contribution in [1.29, 1.82) is 0 Å². The topological polar surface area (TPSA) is 140 Å². The Labute approximate surface area is 291 Å². The van der Waals surface area contributed by atoms with Gasteiger partial charge in [-0.25, -0.2) is 28.1 Å². The van der Waals surface area contributed by atoms with Crippen LogP contribution in [0.25, 0.3) is 22.5 Å². The van der Waals surface area contributed by atoms with Gasteiger partial charge in [0.1, 0.15) is 17.9 Å². The highest BCUT2D eigenvalue weighted by molar-refractivity contribution is 7.92. The molecule has 1 N–H and O–H groups in total. The molecule has 50 heavy (non-hydrogen) atoms. The molecular formula is C38H40N6O5S. The zero-order valence-electron chi connectivity index (χ0n) is 28.9. The predicted octanol–water partition coefficient (Wildman–Crippen LogP) is 6.99. The van der Waals surface area contributed by atoms with Crippen molar-refractivity contribution in [3.63, 3.8) is 0 Å². The molecule has 0 unspecified atom stereocenters. The van der Waals surface area contributed by atoms with Gasteiger partial charge in [-0.15, -0.1) is 0 Å². The summed E-state index contributed by atoms with van der Waals surface area (Å²) in [6, 6.07) is 15.3. The molecule has 1 aliphatic heterocycles. The van der Waals surface area contributed by atoms with Crippen LogP contribution in [0.4, 0.5) is 5.95 Å². The summed E-state index contributed by atoms with van der Waals surface area (Å²) in [6.45, 7) is 10.4. The van der Waals surface area contributed by atoms with Gasteiger partial charge in [0.05, 0.1) is 35.1 Å². The summed E-state index contributed by atoms with van der Waals surface area (Å²) in [6.07, 6.45) is 5.78. The van der Waals surface area contributed by atoms with Crippen molar-refractivity contribution in [3.8, 4) is 17.1 Å². The minimum absolute atomic E-state index is 0.0728. The number of anilines is 1. The van der Waals surface area contributed by atoms with Crippen LogP contribution >= 0.6 is 0 Å². The van der Waals surface area contributed by atoms with Crippen LogP contribution in [0.15, 0.2) is 70.1 Å². The highest BCUT2D eigenvalue weighted by atomic mass is 32.2. The van der Waals surface area contributed by atoms with E-state index in [1.807, 2.05) is 38.1 Å². The van der Waals surface area contributed by atoms with E-state index >= 15 is 0 Å². The molecule has 9 rings (SSSR count). The molecule has 3 aromatic heterocycles. The van der Waals surface area contributed by atoms with Crippen LogP contribution in [-0.4, -0.2) is 51.8 Å². The summed E-state index contributed by atoms with van der Waals surface area (Å²) < 4.78 is 42.5. The molecule has 2 aromatic carbocycles. The zero-order chi connectivity index (χ0) is 35.0. The van der Waals surface area contributed by atoms with Gasteiger partial charge in [-0.2, -0.15) is 4.98 Å². The summed E-state index contributed by atoms with van der Waals surface area (Å²) in [4.78, 5) is 34.9. The fraction of sp³-hybridized carbons (Fsp3) is 0.395. The molecule has 3 saturated carbocycles. The Balaban J connectivity index is 1.24. The standard InChI is InChI=1S/C38H40N6O5S/c1-22-8-6-9-23(2)33(22)29-14-32-42-36(41-29)43-50(46,47)28-11-7-10-25(12-28)35(45)44(27(21-48-32)18-38-15-24(16-38)17-38)20-26-19-39-34-30(40-26)13-31(49-34)37(3,4)5/h6-14,19,24,27H,15-18,20-21H2,1-5H3,(H,41,42,43)/t24?,27-,38?/m1/s1. The highest BCUT2D eigenvalue weighted by Crippen LogP contribution is 2.66. The van der Waals surface area contributed by atoms with E-state index in [-0.39, 0.29) is 58.2 Å². The monoisotopic (exact) mass is 692 g/mol. The maximum absolute atomic E-state index is 14.6. The molecule has 0 spiro atoms. The van der Waals surface area contributed by atoms with Gasteiger partial charge < -0.3 is 14.1 Å². The molecule has 1 amide bonds. The third-order valence-electron chi connectivity index (χ3n) is 10.4. The third kappa shape index (κ3) is 5.89. The van der Waals surface area contributed by atoms with E-state index in [0.717, 1.165) is 54.1 Å². The molecule has 258 valence electrons. The number of amides is 1. The molecule has 4 heterocycles. The lowest BCUT2D eigenvalue weighted by atomic mass is 9.43. The summed E-state index contributed by atoms with van der Waals surface area (Å²) in [5.41, 5.74) is 5.19. The van der Waals surface area contributed by atoms with Gasteiger partial charge in [0.25, 0.3) is 15.9 Å². The molecule has 6 bridgehead atoms. The summed E-state index contributed by atoms with van der Waals surface area (Å²) in [5, 5.41) is 0. The average molecular weight is 693 g/mol. The smallest absolute Gasteiger partial charge is 0.264 e. The van der Waals surface area contributed by atoms with Crippen LogP contribution in [-0.2, 0) is 22.0 Å². The Bertz CT molecular complexity index is 2240. The number of carbonyl (C=O) groups excluding carboxylic acids is 1. The van der Waals surface area contributed by atoms with Crippen molar-refractivity contribution in [3.05, 3.63) is 88.9 Å². The lowest BCUT2D eigenvalue weighted by molar-refractivity contribution is -0.126. The minimum atomic E-state index is -4.18. The maximum atomic E-state index is 14.6. The number of aromatic nitrogens is 4. The van der Waals surface area contributed by atoms with E-state index < -0.39 is 10.0 Å². The highest BCUT2D eigenvalue weighted by Gasteiger charge is 2.57. The maximum Gasteiger partial charge on any atom is 0.264 e. The quantitative estimate of drug-likeness (QED) is 0.206. The second-order valence-corrected chi connectivity index (χ2v) is 17.0. The number of sulfonamides is 1. The Kier molecular flexibility index (Phi) is 7.52.